The van der Waals surface area contributed by atoms with Crippen LogP contribution in [0.15, 0.2) is 36.4 Å². The van der Waals surface area contributed by atoms with Crippen LogP contribution in [-0.4, -0.2) is 31.8 Å². The molecule has 0 bridgehead atoms. The second kappa shape index (κ2) is 7.60. The third kappa shape index (κ3) is 4.42. The number of methoxy groups -OCH3 is 2. The van der Waals surface area contributed by atoms with Crippen LogP contribution in [0.1, 0.15) is 47.1 Å². The first-order valence-corrected chi connectivity index (χ1v) is 8.27. The highest BCUT2D eigenvalue weighted by Gasteiger charge is 2.21. The van der Waals surface area contributed by atoms with Gasteiger partial charge in [0.25, 0.3) is 0 Å². The summed E-state index contributed by atoms with van der Waals surface area (Å²) in [6, 6.07) is 10.5. The number of rotatable bonds is 4. The molecule has 0 saturated heterocycles. The number of carbonyl (C=O) groups excluding carboxylic acids is 2. The van der Waals surface area contributed by atoms with Crippen molar-refractivity contribution in [2.75, 3.05) is 14.2 Å². The molecule has 0 radical (unpaired) electrons. The minimum Gasteiger partial charge on any atom is -0.497 e. The van der Waals surface area contributed by atoms with E-state index in [1.807, 2.05) is 33.8 Å². The van der Waals surface area contributed by atoms with E-state index in [2.05, 4.69) is 0 Å². The van der Waals surface area contributed by atoms with Gasteiger partial charge in [0.2, 0.25) is 0 Å². The minimum absolute atomic E-state index is 0.372. The predicted molar refractivity (Wildman–Crippen MR) is 99.7 cm³/mol. The minimum atomic E-state index is -0.584. The van der Waals surface area contributed by atoms with Crippen molar-refractivity contribution in [1.82, 2.24) is 0 Å². The molecule has 0 aliphatic heterocycles. The average Bonchev–Trinajstić information content (AvgIpc) is 2.59. The first-order valence-electron chi connectivity index (χ1n) is 8.27. The standard InChI is InChI=1S/C21H24O5/c1-13-7-8-14(19(22)26-21(2,3)4)11-17(13)16-10-9-15(24-5)12-18(16)20(23)25-6/h7-12H,1-6H3. The summed E-state index contributed by atoms with van der Waals surface area (Å²) < 4.78 is 15.5. The number of hydrogen-bond acceptors (Lipinski definition) is 5. The molecule has 0 aliphatic carbocycles. The molecule has 138 valence electrons. The van der Waals surface area contributed by atoms with Gasteiger partial charge < -0.3 is 14.2 Å². The lowest BCUT2D eigenvalue weighted by molar-refractivity contribution is 0.00694. The Kier molecular flexibility index (Phi) is 5.70. The second-order valence-corrected chi connectivity index (χ2v) is 6.93. The highest BCUT2D eigenvalue weighted by Crippen LogP contribution is 2.31. The number of aryl methyl sites for hydroxylation is 1. The SMILES string of the molecule is COC(=O)c1cc(OC)ccc1-c1cc(C(=O)OC(C)(C)C)ccc1C. The molecule has 0 aliphatic rings. The van der Waals surface area contributed by atoms with E-state index in [4.69, 9.17) is 14.2 Å². The zero-order valence-corrected chi connectivity index (χ0v) is 16.0. The molecule has 0 heterocycles. The maximum absolute atomic E-state index is 12.4. The summed E-state index contributed by atoms with van der Waals surface area (Å²) in [4.78, 5) is 24.6. The van der Waals surface area contributed by atoms with Crippen molar-refractivity contribution < 1.29 is 23.8 Å². The molecule has 0 spiro atoms. The molecular weight excluding hydrogens is 332 g/mol. The molecule has 2 aromatic carbocycles. The van der Waals surface area contributed by atoms with Gasteiger partial charge in [-0.1, -0.05) is 6.07 Å². The highest BCUT2D eigenvalue weighted by atomic mass is 16.6. The van der Waals surface area contributed by atoms with Gasteiger partial charge in [-0.05, 0) is 74.7 Å². The second-order valence-electron chi connectivity index (χ2n) is 6.93. The lowest BCUT2D eigenvalue weighted by Gasteiger charge is -2.20. The highest BCUT2D eigenvalue weighted by molar-refractivity contribution is 5.99. The van der Waals surface area contributed by atoms with Crippen molar-refractivity contribution in [2.45, 2.75) is 33.3 Å². The quantitative estimate of drug-likeness (QED) is 0.759. The normalized spacial score (nSPS) is 11.0. The molecule has 2 aromatic rings. The molecule has 5 nitrogen and oxygen atoms in total. The molecule has 2 rings (SSSR count). The van der Waals surface area contributed by atoms with Crippen LogP contribution < -0.4 is 4.74 Å². The Morgan fingerprint density at radius 1 is 0.885 bits per heavy atom. The summed E-state index contributed by atoms with van der Waals surface area (Å²) in [5.74, 6) is -0.331. The van der Waals surface area contributed by atoms with Crippen molar-refractivity contribution >= 4 is 11.9 Å². The van der Waals surface area contributed by atoms with Crippen molar-refractivity contribution in [3.63, 3.8) is 0 Å². The van der Waals surface area contributed by atoms with Gasteiger partial charge in [0.05, 0.1) is 25.3 Å². The van der Waals surface area contributed by atoms with E-state index in [1.54, 1.807) is 30.3 Å². The number of ether oxygens (including phenoxy) is 3. The van der Waals surface area contributed by atoms with E-state index in [1.165, 1.54) is 14.2 Å². The Morgan fingerprint density at radius 3 is 2.15 bits per heavy atom. The van der Waals surface area contributed by atoms with Crippen molar-refractivity contribution in [3.05, 3.63) is 53.1 Å². The van der Waals surface area contributed by atoms with E-state index in [9.17, 15) is 9.59 Å². The monoisotopic (exact) mass is 356 g/mol. The average molecular weight is 356 g/mol. The summed E-state index contributed by atoms with van der Waals surface area (Å²) in [6.45, 7) is 7.37. The summed E-state index contributed by atoms with van der Waals surface area (Å²) in [5.41, 5.74) is 2.56. The third-order valence-corrected chi connectivity index (χ3v) is 3.79. The zero-order valence-electron chi connectivity index (χ0n) is 16.0. The van der Waals surface area contributed by atoms with Gasteiger partial charge in [-0.25, -0.2) is 9.59 Å². The number of benzene rings is 2. The molecule has 0 aromatic heterocycles. The fraction of sp³-hybridized carbons (Fsp3) is 0.333. The van der Waals surface area contributed by atoms with Crippen LogP contribution in [0, 0.1) is 6.92 Å². The molecular formula is C21H24O5. The van der Waals surface area contributed by atoms with E-state index in [0.717, 1.165) is 11.1 Å². The number of esters is 2. The van der Waals surface area contributed by atoms with E-state index in [-0.39, 0.29) is 0 Å². The van der Waals surface area contributed by atoms with Crippen LogP contribution in [0.4, 0.5) is 0 Å². The molecule has 5 heteroatoms. The molecule has 0 fully saturated rings. The maximum atomic E-state index is 12.4. The third-order valence-electron chi connectivity index (χ3n) is 3.79. The maximum Gasteiger partial charge on any atom is 0.338 e. The van der Waals surface area contributed by atoms with Crippen molar-refractivity contribution in [1.29, 1.82) is 0 Å². The lowest BCUT2D eigenvalue weighted by atomic mass is 9.94. The van der Waals surface area contributed by atoms with Gasteiger partial charge in [-0.2, -0.15) is 0 Å². The number of hydrogen-bond donors (Lipinski definition) is 0. The predicted octanol–water partition coefficient (Wildman–Crippen LogP) is 4.41. The van der Waals surface area contributed by atoms with Gasteiger partial charge in [-0.15, -0.1) is 0 Å². The molecule has 0 amide bonds. The molecule has 0 atom stereocenters. The van der Waals surface area contributed by atoms with Gasteiger partial charge >= 0.3 is 11.9 Å². The van der Waals surface area contributed by atoms with Crippen molar-refractivity contribution in [2.24, 2.45) is 0 Å². The van der Waals surface area contributed by atoms with Gasteiger partial charge in [0, 0.05) is 0 Å². The Bertz CT molecular complexity index is 831. The lowest BCUT2D eigenvalue weighted by Crippen LogP contribution is -2.23. The van der Waals surface area contributed by atoms with E-state index in [0.29, 0.717) is 22.4 Å². The largest absolute Gasteiger partial charge is 0.497 e. The summed E-state index contributed by atoms with van der Waals surface area (Å²) in [5, 5.41) is 0. The first-order chi connectivity index (χ1) is 12.2. The smallest absolute Gasteiger partial charge is 0.338 e. The fourth-order valence-corrected chi connectivity index (χ4v) is 2.54. The van der Waals surface area contributed by atoms with Crippen molar-refractivity contribution in [3.8, 4) is 16.9 Å². The first kappa shape index (κ1) is 19.5. The topological polar surface area (TPSA) is 61.8 Å². The van der Waals surface area contributed by atoms with Crippen LogP contribution in [0.2, 0.25) is 0 Å². The molecule has 26 heavy (non-hydrogen) atoms. The van der Waals surface area contributed by atoms with Crippen LogP contribution in [0.25, 0.3) is 11.1 Å². The Morgan fingerprint density at radius 2 is 1.58 bits per heavy atom. The molecule has 0 saturated carbocycles. The van der Waals surface area contributed by atoms with Gasteiger partial charge in [0.15, 0.2) is 0 Å². The molecule has 0 N–H and O–H groups in total. The Balaban J connectivity index is 2.56. The van der Waals surface area contributed by atoms with Gasteiger partial charge in [-0.3, -0.25) is 0 Å². The van der Waals surface area contributed by atoms with E-state index < -0.39 is 17.5 Å². The Hall–Kier alpha value is -2.82. The van der Waals surface area contributed by atoms with Gasteiger partial charge in [0.1, 0.15) is 11.4 Å². The Labute approximate surface area is 153 Å². The summed E-state index contributed by atoms with van der Waals surface area (Å²) >= 11 is 0. The summed E-state index contributed by atoms with van der Waals surface area (Å²) in [7, 11) is 2.86. The van der Waals surface area contributed by atoms with Crippen LogP contribution in [0.3, 0.4) is 0 Å². The van der Waals surface area contributed by atoms with Crippen LogP contribution in [0.5, 0.6) is 5.75 Å². The van der Waals surface area contributed by atoms with Crippen LogP contribution >= 0.6 is 0 Å². The fourth-order valence-electron chi connectivity index (χ4n) is 2.54. The summed E-state index contributed by atoms with van der Waals surface area (Å²) in [6.07, 6.45) is 0. The van der Waals surface area contributed by atoms with Crippen LogP contribution in [-0.2, 0) is 9.47 Å². The molecule has 0 unspecified atom stereocenters. The zero-order chi connectivity index (χ0) is 19.5. The van der Waals surface area contributed by atoms with E-state index >= 15 is 0 Å². The number of carbonyl (C=O) groups is 2.